The van der Waals surface area contributed by atoms with Crippen LogP contribution in [0.5, 0.6) is 0 Å². The van der Waals surface area contributed by atoms with Crippen LogP contribution in [0.4, 0.5) is 0 Å². The van der Waals surface area contributed by atoms with Crippen LogP contribution >= 0.6 is 0 Å². The molecular weight excluding hydrogens is 672 g/mol. The first-order valence-corrected chi connectivity index (χ1v) is 17.0. The van der Waals surface area contributed by atoms with Crippen LogP contribution in [-0.2, 0) is 38.4 Å². The number of nitrogens with two attached hydrogens (primary N) is 3. The molecule has 7 amide bonds. The van der Waals surface area contributed by atoms with Gasteiger partial charge >= 0.3 is 5.97 Å². The van der Waals surface area contributed by atoms with Crippen LogP contribution in [-0.4, -0.2) is 112 Å². The van der Waals surface area contributed by atoms with Gasteiger partial charge in [-0.1, -0.05) is 48.0 Å². The number of hydrogen-bond donors (Lipinski definition) is 11. The molecule has 51 heavy (non-hydrogen) atoms. The molecule has 0 heterocycles. The Hall–Kier alpha value is -4.36. The maximum atomic E-state index is 13.7. The summed E-state index contributed by atoms with van der Waals surface area (Å²) in [5.41, 5.74) is 16.2. The maximum absolute atomic E-state index is 13.7. The monoisotopic (exact) mass is 730 g/mol. The number of carbonyl (C=O) groups excluding carboxylic acids is 7. The van der Waals surface area contributed by atoms with Crippen molar-refractivity contribution in [2.45, 2.75) is 129 Å². The van der Waals surface area contributed by atoms with Gasteiger partial charge in [0.25, 0.3) is 0 Å². The average molecular weight is 731 g/mol. The summed E-state index contributed by atoms with van der Waals surface area (Å²) >= 11 is 0. The SMILES string of the molecule is CC[C@H](C)[C@H](NC(=O)[C@@H](NC(=O)[C@@H](N)CCC(N)=O)C(C)C)C(=O)N[C@@H](CC(C)C)[C@@H](O)CC(=O)N[C@@H](CCC(N)=O)C(=O)N[C@@H](CO)C(=O)O. The Balaban J connectivity index is 5.95. The van der Waals surface area contributed by atoms with E-state index in [0.717, 1.165) is 0 Å². The molecule has 292 valence electrons. The van der Waals surface area contributed by atoms with Crippen LogP contribution in [0.2, 0.25) is 0 Å². The molecule has 14 N–H and O–H groups in total. The Bertz CT molecular complexity index is 1220. The standard InChI is InChI=1S/C32H58N8O11/c1-7-17(6)27(40-30(48)26(16(4)5)39-28(46)18(33)8-10-23(34)43)31(49)37-20(12-15(2)3)22(42)13-25(45)36-19(9-11-24(35)44)29(47)38-21(14-41)32(50)51/h15-22,26-27,41-42H,7-14,33H2,1-6H3,(H2,34,43)(H2,35,44)(H,36,45)(H,37,49)(H,38,47)(H,39,46)(H,40,48)(H,50,51)/t17-,18-,19-,20-,21-,22-,26-,27-/m0/s1. The first-order chi connectivity index (χ1) is 23.6. The van der Waals surface area contributed by atoms with Crippen molar-refractivity contribution < 1.29 is 53.7 Å². The highest BCUT2D eigenvalue weighted by atomic mass is 16.4. The quantitative estimate of drug-likeness (QED) is 0.0444. The summed E-state index contributed by atoms with van der Waals surface area (Å²) in [4.78, 5) is 99.2. The lowest BCUT2D eigenvalue weighted by molar-refractivity contribution is -0.143. The van der Waals surface area contributed by atoms with Gasteiger partial charge in [-0.3, -0.25) is 33.6 Å². The van der Waals surface area contributed by atoms with Crippen molar-refractivity contribution in [3.05, 3.63) is 0 Å². The molecule has 0 unspecified atom stereocenters. The zero-order valence-corrected chi connectivity index (χ0v) is 30.3. The molecule has 0 aromatic heterocycles. The fourth-order valence-electron chi connectivity index (χ4n) is 4.86. The summed E-state index contributed by atoms with van der Waals surface area (Å²) in [5, 5.41) is 41.9. The van der Waals surface area contributed by atoms with Crippen LogP contribution in [0.15, 0.2) is 0 Å². The summed E-state index contributed by atoms with van der Waals surface area (Å²) < 4.78 is 0. The third-order valence-electron chi connectivity index (χ3n) is 8.12. The second-order valence-corrected chi connectivity index (χ2v) is 13.4. The Labute approximate surface area is 297 Å². The number of carbonyl (C=O) groups is 8. The smallest absolute Gasteiger partial charge is 0.328 e. The van der Waals surface area contributed by atoms with Gasteiger partial charge in [0.2, 0.25) is 41.4 Å². The highest BCUT2D eigenvalue weighted by Crippen LogP contribution is 2.15. The molecule has 0 aliphatic carbocycles. The van der Waals surface area contributed by atoms with E-state index in [1.165, 1.54) is 0 Å². The number of aliphatic carboxylic acids is 1. The minimum atomic E-state index is -1.68. The number of aliphatic hydroxyl groups is 2. The first-order valence-electron chi connectivity index (χ1n) is 17.0. The van der Waals surface area contributed by atoms with Crippen LogP contribution in [0.25, 0.3) is 0 Å². The fraction of sp³-hybridized carbons (Fsp3) is 0.750. The molecule has 19 nitrogen and oxygen atoms in total. The number of nitrogens with one attached hydrogen (secondary N) is 5. The van der Waals surface area contributed by atoms with Crippen molar-refractivity contribution in [2.24, 2.45) is 35.0 Å². The van der Waals surface area contributed by atoms with Crippen LogP contribution in [0, 0.1) is 17.8 Å². The Morgan fingerprint density at radius 2 is 1.22 bits per heavy atom. The van der Waals surface area contributed by atoms with E-state index in [2.05, 4.69) is 26.6 Å². The van der Waals surface area contributed by atoms with Gasteiger partial charge in [0.05, 0.1) is 31.2 Å². The lowest BCUT2D eigenvalue weighted by Crippen LogP contribution is -2.60. The zero-order valence-electron chi connectivity index (χ0n) is 30.3. The van der Waals surface area contributed by atoms with E-state index in [1.54, 1.807) is 27.7 Å². The summed E-state index contributed by atoms with van der Waals surface area (Å²) in [6.45, 7) is 9.56. The molecule has 0 radical (unpaired) electrons. The van der Waals surface area contributed by atoms with Crippen molar-refractivity contribution >= 4 is 47.3 Å². The fourth-order valence-corrected chi connectivity index (χ4v) is 4.86. The van der Waals surface area contributed by atoms with Gasteiger partial charge in [-0.05, 0) is 37.0 Å². The zero-order chi connectivity index (χ0) is 39.6. The molecule has 0 bridgehead atoms. The lowest BCUT2D eigenvalue weighted by Gasteiger charge is -2.31. The predicted octanol–water partition coefficient (Wildman–Crippen LogP) is -3.16. The summed E-state index contributed by atoms with van der Waals surface area (Å²) in [6.07, 6.45) is -2.30. The normalized spacial score (nSPS) is 16.0. The van der Waals surface area contributed by atoms with Crippen LogP contribution in [0.3, 0.4) is 0 Å². The molecule has 0 fully saturated rings. The van der Waals surface area contributed by atoms with Crippen molar-refractivity contribution in [3.8, 4) is 0 Å². The van der Waals surface area contributed by atoms with Crippen LogP contribution in [0.1, 0.15) is 86.5 Å². The van der Waals surface area contributed by atoms with Crippen molar-refractivity contribution in [1.29, 1.82) is 0 Å². The number of carboxylic acid groups (broad SMARTS) is 1. The van der Waals surface area contributed by atoms with Crippen LogP contribution < -0.4 is 43.8 Å². The van der Waals surface area contributed by atoms with Gasteiger partial charge in [-0.25, -0.2) is 4.79 Å². The van der Waals surface area contributed by atoms with E-state index in [0.29, 0.717) is 6.42 Å². The summed E-state index contributed by atoms with van der Waals surface area (Å²) in [6, 6.07) is -7.47. The predicted molar refractivity (Wildman–Crippen MR) is 184 cm³/mol. The molecule has 0 spiro atoms. The number of carboxylic acids is 1. The summed E-state index contributed by atoms with van der Waals surface area (Å²) in [7, 11) is 0. The van der Waals surface area contributed by atoms with E-state index < -0.39 is 115 Å². The Kier molecular flexibility index (Phi) is 21.2. The number of amides is 7. The Morgan fingerprint density at radius 1 is 0.686 bits per heavy atom. The number of aliphatic hydroxyl groups excluding tert-OH is 2. The average Bonchev–Trinajstić information content (AvgIpc) is 3.03. The van der Waals surface area contributed by atoms with Gasteiger partial charge < -0.3 is 59.1 Å². The molecule has 8 atom stereocenters. The van der Waals surface area contributed by atoms with Crippen molar-refractivity contribution in [1.82, 2.24) is 26.6 Å². The van der Waals surface area contributed by atoms with E-state index in [4.69, 9.17) is 22.3 Å². The van der Waals surface area contributed by atoms with Gasteiger partial charge in [-0.2, -0.15) is 0 Å². The molecular formula is C32H58N8O11. The molecule has 0 aromatic rings. The molecule has 0 aliphatic heterocycles. The number of hydrogen-bond acceptors (Lipinski definition) is 11. The van der Waals surface area contributed by atoms with Crippen molar-refractivity contribution in [2.75, 3.05) is 6.61 Å². The topological polar surface area (TPSA) is 335 Å². The highest BCUT2D eigenvalue weighted by Gasteiger charge is 2.35. The largest absolute Gasteiger partial charge is 0.480 e. The number of rotatable bonds is 25. The van der Waals surface area contributed by atoms with Crippen molar-refractivity contribution in [3.63, 3.8) is 0 Å². The summed E-state index contributed by atoms with van der Waals surface area (Å²) in [5.74, 6) is -7.83. The van der Waals surface area contributed by atoms with E-state index in [-0.39, 0.29) is 38.0 Å². The minimum absolute atomic E-state index is 0.0286. The molecule has 0 saturated carbocycles. The Morgan fingerprint density at radius 3 is 1.69 bits per heavy atom. The van der Waals surface area contributed by atoms with Gasteiger partial charge in [-0.15, -0.1) is 0 Å². The maximum Gasteiger partial charge on any atom is 0.328 e. The molecule has 0 aromatic carbocycles. The second-order valence-electron chi connectivity index (χ2n) is 13.4. The third kappa shape index (κ3) is 17.9. The lowest BCUT2D eigenvalue weighted by atomic mass is 9.93. The van der Waals surface area contributed by atoms with Gasteiger partial charge in [0.1, 0.15) is 24.2 Å². The minimum Gasteiger partial charge on any atom is -0.480 e. The van der Waals surface area contributed by atoms with E-state index in [9.17, 15) is 48.6 Å². The molecule has 19 heteroatoms. The molecule has 0 rings (SSSR count). The molecule has 0 saturated heterocycles. The third-order valence-corrected chi connectivity index (χ3v) is 8.12. The van der Waals surface area contributed by atoms with Gasteiger partial charge in [0, 0.05) is 12.8 Å². The molecule has 0 aliphatic rings. The van der Waals surface area contributed by atoms with Gasteiger partial charge in [0.15, 0.2) is 0 Å². The van der Waals surface area contributed by atoms with E-state index >= 15 is 0 Å². The second kappa shape index (κ2) is 23.2. The first kappa shape index (κ1) is 46.6. The highest BCUT2D eigenvalue weighted by molar-refractivity contribution is 5.94. The van der Waals surface area contributed by atoms with E-state index in [1.807, 2.05) is 13.8 Å². The number of primary amides is 2.